The SMILES string of the molecule is CCN1CCc2c(nc(-c3ccc(NC(=O)Nc4ccccc4)cc3)nc2N2CC3CCC(C2)O3)C1. The van der Waals surface area contributed by atoms with Crippen molar-refractivity contribution in [1.29, 1.82) is 0 Å². The van der Waals surface area contributed by atoms with Crippen LogP contribution in [-0.4, -0.2) is 59.3 Å². The van der Waals surface area contributed by atoms with E-state index in [-0.39, 0.29) is 6.03 Å². The average Bonchev–Trinajstić information content (AvgIpc) is 3.25. The van der Waals surface area contributed by atoms with Crippen molar-refractivity contribution >= 4 is 23.2 Å². The third-order valence-corrected chi connectivity index (χ3v) is 7.35. The highest BCUT2D eigenvalue weighted by Crippen LogP contribution is 2.34. The topological polar surface area (TPSA) is 82.6 Å². The van der Waals surface area contributed by atoms with Gasteiger partial charge in [0.1, 0.15) is 5.82 Å². The zero-order valence-corrected chi connectivity index (χ0v) is 20.6. The number of benzene rings is 2. The van der Waals surface area contributed by atoms with Gasteiger partial charge in [-0.05, 0) is 62.2 Å². The molecule has 6 rings (SSSR count). The summed E-state index contributed by atoms with van der Waals surface area (Å²) in [5, 5.41) is 5.73. The van der Waals surface area contributed by atoms with E-state index >= 15 is 0 Å². The number of carbonyl (C=O) groups excluding carboxylic acids is 1. The molecule has 3 aromatic rings. The standard InChI is InChI=1S/C28H32N6O2/c1-2-33-15-14-24-25(18-33)31-26(32-27(24)34-16-22-12-13-23(17-34)36-22)19-8-10-21(11-9-19)30-28(35)29-20-6-4-3-5-7-20/h3-11,22-23H,2,12-18H2,1H3,(H2,29,30,35). The van der Waals surface area contributed by atoms with Gasteiger partial charge < -0.3 is 20.3 Å². The minimum Gasteiger partial charge on any atom is -0.371 e. The number of anilines is 3. The molecule has 2 aromatic carbocycles. The van der Waals surface area contributed by atoms with Crippen LogP contribution in [0.2, 0.25) is 0 Å². The van der Waals surface area contributed by atoms with Gasteiger partial charge in [-0.2, -0.15) is 0 Å². The van der Waals surface area contributed by atoms with Gasteiger partial charge in [-0.1, -0.05) is 25.1 Å². The first-order valence-corrected chi connectivity index (χ1v) is 12.9. The maximum atomic E-state index is 12.4. The second-order valence-corrected chi connectivity index (χ2v) is 9.80. The van der Waals surface area contributed by atoms with Crippen molar-refractivity contribution in [2.24, 2.45) is 0 Å². The molecule has 3 aliphatic heterocycles. The lowest BCUT2D eigenvalue weighted by Gasteiger charge is -2.36. The highest BCUT2D eigenvalue weighted by molar-refractivity contribution is 5.99. The molecule has 2 saturated heterocycles. The van der Waals surface area contributed by atoms with Crippen molar-refractivity contribution in [3.63, 3.8) is 0 Å². The summed E-state index contributed by atoms with van der Waals surface area (Å²) in [6.45, 7) is 6.91. The molecule has 4 heterocycles. The fraction of sp³-hybridized carbons (Fsp3) is 0.393. The molecule has 2 atom stereocenters. The molecule has 0 saturated carbocycles. The Labute approximate surface area is 211 Å². The minimum absolute atomic E-state index is 0.275. The van der Waals surface area contributed by atoms with Crippen LogP contribution in [0.3, 0.4) is 0 Å². The average molecular weight is 485 g/mol. The van der Waals surface area contributed by atoms with Crippen LogP contribution >= 0.6 is 0 Å². The van der Waals surface area contributed by atoms with Crippen LogP contribution in [0.4, 0.5) is 22.0 Å². The molecule has 0 aliphatic carbocycles. The van der Waals surface area contributed by atoms with E-state index in [1.807, 2.05) is 54.6 Å². The minimum atomic E-state index is -0.275. The predicted molar refractivity (Wildman–Crippen MR) is 141 cm³/mol. The van der Waals surface area contributed by atoms with Gasteiger partial charge in [0, 0.05) is 48.7 Å². The number of fused-ring (bicyclic) bond motifs is 3. The predicted octanol–water partition coefficient (Wildman–Crippen LogP) is 4.53. The summed E-state index contributed by atoms with van der Waals surface area (Å²) in [5.74, 6) is 1.82. The zero-order chi connectivity index (χ0) is 24.5. The normalized spacial score (nSPS) is 21.2. The Morgan fingerprint density at radius 1 is 0.972 bits per heavy atom. The van der Waals surface area contributed by atoms with E-state index in [1.165, 1.54) is 5.56 Å². The number of hydrogen-bond acceptors (Lipinski definition) is 6. The fourth-order valence-corrected chi connectivity index (χ4v) is 5.43. The quantitative estimate of drug-likeness (QED) is 0.554. The molecule has 0 radical (unpaired) electrons. The number of nitrogens with zero attached hydrogens (tertiary/aromatic N) is 4. The largest absolute Gasteiger partial charge is 0.371 e. The summed E-state index contributed by atoms with van der Waals surface area (Å²) >= 11 is 0. The first-order valence-electron chi connectivity index (χ1n) is 12.9. The molecule has 2 amide bonds. The van der Waals surface area contributed by atoms with Gasteiger partial charge in [0.15, 0.2) is 5.82 Å². The summed E-state index contributed by atoms with van der Waals surface area (Å²) in [6.07, 6.45) is 3.86. The van der Waals surface area contributed by atoms with Crippen LogP contribution in [0.15, 0.2) is 54.6 Å². The summed E-state index contributed by atoms with van der Waals surface area (Å²) < 4.78 is 6.09. The molecule has 8 nitrogen and oxygen atoms in total. The number of rotatable bonds is 5. The number of morpholine rings is 1. The number of carbonyl (C=O) groups is 1. The maximum absolute atomic E-state index is 12.4. The Morgan fingerprint density at radius 3 is 2.36 bits per heavy atom. The maximum Gasteiger partial charge on any atom is 0.323 e. The first-order chi connectivity index (χ1) is 17.6. The van der Waals surface area contributed by atoms with Crippen LogP contribution in [0.1, 0.15) is 31.0 Å². The van der Waals surface area contributed by atoms with Crippen LogP contribution in [0.25, 0.3) is 11.4 Å². The zero-order valence-electron chi connectivity index (χ0n) is 20.6. The number of nitrogens with one attached hydrogen (secondary N) is 2. The van der Waals surface area contributed by atoms with Gasteiger partial charge in [-0.15, -0.1) is 0 Å². The monoisotopic (exact) mass is 484 g/mol. The van der Waals surface area contributed by atoms with E-state index in [1.54, 1.807) is 0 Å². The fourth-order valence-electron chi connectivity index (χ4n) is 5.43. The van der Waals surface area contributed by atoms with E-state index in [9.17, 15) is 4.79 Å². The number of aromatic nitrogens is 2. The Kier molecular flexibility index (Phi) is 6.29. The highest BCUT2D eigenvalue weighted by Gasteiger charge is 2.36. The van der Waals surface area contributed by atoms with E-state index in [2.05, 4.69) is 27.4 Å². The van der Waals surface area contributed by atoms with Gasteiger partial charge in [0.2, 0.25) is 0 Å². The third kappa shape index (κ3) is 4.79. The summed E-state index contributed by atoms with van der Waals surface area (Å²) in [5.41, 5.74) is 4.83. The van der Waals surface area contributed by atoms with E-state index < -0.39 is 0 Å². The number of amides is 2. The van der Waals surface area contributed by atoms with E-state index in [0.717, 1.165) is 80.6 Å². The number of para-hydroxylation sites is 1. The van der Waals surface area contributed by atoms with Gasteiger partial charge in [0.05, 0.1) is 17.9 Å². The Morgan fingerprint density at radius 2 is 1.67 bits per heavy atom. The summed E-state index contributed by atoms with van der Waals surface area (Å²) in [4.78, 5) is 27.4. The lowest BCUT2D eigenvalue weighted by Crippen LogP contribution is -2.44. The molecule has 186 valence electrons. The first kappa shape index (κ1) is 22.9. The summed E-state index contributed by atoms with van der Waals surface area (Å²) in [7, 11) is 0. The lowest BCUT2D eigenvalue weighted by molar-refractivity contribution is 0.0301. The molecular weight excluding hydrogens is 452 g/mol. The Hall–Kier alpha value is -3.49. The molecule has 2 bridgehead atoms. The molecule has 1 aromatic heterocycles. The lowest BCUT2D eigenvalue weighted by atomic mass is 10.0. The second kappa shape index (κ2) is 9.87. The van der Waals surface area contributed by atoms with Crippen molar-refractivity contribution in [1.82, 2.24) is 14.9 Å². The van der Waals surface area contributed by atoms with Crippen LogP contribution in [-0.2, 0) is 17.7 Å². The Balaban J connectivity index is 1.25. The van der Waals surface area contributed by atoms with Crippen molar-refractivity contribution in [2.45, 2.75) is 44.9 Å². The molecule has 2 N–H and O–H groups in total. The molecule has 8 heteroatoms. The van der Waals surface area contributed by atoms with Crippen molar-refractivity contribution in [2.75, 3.05) is 41.7 Å². The van der Waals surface area contributed by atoms with Gasteiger partial charge >= 0.3 is 6.03 Å². The van der Waals surface area contributed by atoms with Crippen molar-refractivity contribution in [3.8, 4) is 11.4 Å². The molecular formula is C28H32N6O2. The van der Waals surface area contributed by atoms with E-state index in [4.69, 9.17) is 14.7 Å². The number of hydrogen-bond donors (Lipinski definition) is 2. The van der Waals surface area contributed by atoms with Gasteiger partial charge in [-0.3, -0.25) is 4.90 Å². The van der Waals surface area contributed by atoms with Crippen molar-refractivity contribution < 1.29 is 9.53 Å². The highest BCUT2D eigenvalue weighted by atomic mass is 16.5. The molecule has 36 heavy (non-hydrogen) atoms. The third-order valence-electron chi connectivity index (χ3n) is 7.35. The van der Waals surface area contributed by atoms with Gasteiger partial charge in [-0.25, -0.2) is 14.8 Å². The molecule has 0 spiro atoms. The number of urea groups is 1. The number of ether oxygens (including phenoxy) is 1. The Bertz CT molecular complexity index is 1220. The van der Waals surface area contributed by atoms with Crippen molar-refractivity contribution in [3.05, 3.63) is 65.9 Å². The van der Waals surface area contributed by atoms with Crippen LogP contribution in [0.5, 0.6) is 0 Å². The second-order valence-electron chi connectivity index (χ2n) is 9.80. The number of likely N-dealkylation sites (N-methyl/N-ethyl adjacent to an activating group) is 1. The van der Waals surface area contributed by atoms with E-state index in [0.29, 0.717) is 17.9 Å². The molecule has 2 fully saturated rings. The smallest absolute Gasteiger partial charge is 0.323 e. The van der Waals surface area contributed by atoms with Crippen LogP contribution < -0.4 is 15.5 Å². The summed E-state index contributed by atoms with van der Waals surface area (Å²) in [6, 6.07) is 16.9. The molecule has 2 unspecified atom stereocenters. The molecule has 3 aliphatic rings. The van der Waals surface area contributed by atoms with Crippen LogP contribution in [0, 0.1) is 0 Å². The van der Waals surface area contributed by atoms with Gasteiger partial charge in [0.25, 0.3) is 0 Å².